The summed E-state index contributed by atoms with van der Waals surface area (Å²) in [5.41, 5.74) is 0. The first kappa shape index (κ1) is 5.11. The summed E-state index contributed by atoms with van der Waals surface area (Å²) in [6.45, 7) is -2.85. The minimum atomic E-state index is -2.85. The molecule has 0 aliphatic heterocycles. The summed E-state index contributed by atoms with van der Waals surface area (Å²) in [6.07, 6.45) is 0. The Morgan fingerprint density at radius 3 is 2.00 bits per heavy atom. The fourth-order valence-corrected chi connectivity index (χ4v) is 0. The van der Waals surface area contributed by atoms with Crippen LogP contribution in [0.25, 0.3) is 0 Å². The first-order valence-corrected chi connectivity index (χ1v) is 1.14. The van der Waals surface area contributed by atoms with Gasteiger partial charge in [0, 0.05) is 0 Å². The van der Waals surface area contributed by atoms with E-state index in [1.165, 1.54) is 0 Å². The van der Waals surface area contributed by atoms with Gasteiger partial charge in [0.05, 0.1) is 11.9 Å². The van der Waals surface area contributed by atoms with Gasteiger partial charge in [-0.3, -0.25) is 0 Å². The Morgan fingerprint density at radius 2 is 2.00 bits per heavy atom. The number of hydrogen-bond donors (Lipinski definition) is 0. The van der Waals surface area contributed by atoms with E-state index in [0.717, 1.165) is 0 Å². The second-order valence-corrected chi connectivity index (χ2v) is 0.528. The Morgan fingerprint density at radius 1 is 1.80 bits per heavy atom. The molecule has 0 aliphatic carbocycles. The van der Waals surface area contributed by atoms with Crippen molar-refractivity contribution < 1.29 is 14.5 Å². The average Bonchev–Trinajstić information content (AvgIpc) is 1.38. The summed E-state index contributed by atoms with van der Waals surface area (Å²) in [5.74, 6) is 0. The van der Waals surface area contributed by atoms with Crippen LogP contribution in [0.5, 0.6) is 0 Å². The van der Waals surface area contributed by atoms with Crippen LogP contribution >= 0.6 is 11.9 Å². The predicted octanol–water partition coefficient (Wildman–Crippen LogP) is 1.49. The van der Waals surface area contributed by atoms with Crippen molar-refractivity contribution >= 4 is 11.9 Å². The number of hydrogen-bond acceptors (Lipinski definition) is 1. The van der Waals surface area contributed by atoms with E-state index in [1.807, 2.05) is 0 Å². The highest BCUT2D eigenvalue weighted by molar-refractivity contribution is 6.07. The molecule has 0 N–H and O–H groups in total. The standard InChI is InChI=1S/CHClF2O/c2-5-1(3)4/h1H/p+1. The van der Waals surface area contributed by atoms with Gasteiger partial charge in [0.15, 0.2) is 0 Å². The van der Waals surface area contributed by atoms with Crippen LogP contribution in [-0.4, -0.2) is 6.61 Å². The highest BCUT2D eigenvalue weighted by atomic mass is 35.5. The maximum atomic E-state index is 10.4. The van der Waals surface area contributed by atoms with Crippen molar-refractivity contribution in [3.05, 3.63) is 0 Å². The summed E-state index contributed by atoms with van der Waals surface area (Å²) in [7, 11) is 0. The Hall–Kier alpha value is 0.110. The molecule has 0 amide bonds. The molecule has 0 aromatic carbocycles. The fraction of sp³-hybridized carbons (Fsp3) is 1.00. The Labute approximate surface area is 34.1 Å². The third kappa shape index (κ3) is 4.11. The molecule has 0 atom stereocenters. The van der Waals surface area contributed by atoms with Gasteiger partial charge in [0.1, 0.15) is 0 Å². The maximum Gasteiger partial charge on any atom is 1.00 e. The monoisotopic (exact) mass is 103 g/mol. The minimum Gasteiger partial charge on any atom is -0.211 e. The van der Waals surface area contributed by atoms with Gasteiger partial charge in [-0.25, -0.2) is 4.29 Å². The van der Waals surface area contributed by atoms with Gasteiger partial charge in [-0.2, -0.15) is 8.78 Å². The van der Waals surface area contributed by atoms with E-state index in [-0.39, 0.29) is 1.43 Å². The molecular weight excluding hydrogens is 101 g/mol. The second-order valence-electron chi connectivity index (χ2n) is 0.350. The SMILES string of the molecule is FC(F)OCl.[H+]. The molecule has 0 radical (unpaired) electrons. The van der Waals surface area contributed by atoms with Crippen molar-refractivity contribution in [1.29, 1.82) is 0 Å². The summed E-state index contributed by atoms with van der Waals surface area (Å²) in [4.78, 5) is 0. The largest absolute Gasteiger partial charge is 1.00 e. The van der Waals surface area contributed by atoms with Crippen molar-refractivity contribution in [2.24, 2.45) is 0 Å². The number of alkyl halides is 2. The Balaban J connectivity index is 0. The van der Waals surface area contributed by atoms with E-state index < -0.39 is 6.61 Å². The van der Waals surface area contributed by atoms with Crippen LogP contribution in [0.2, 0.25) is 0 Å². The van der Waals surface area contributed by atoms with Gasteiger partial charge < -0.3 is 0 Å². The summed E-state index contributed by atoms with van der Waals surface area (Å²) < 4.78 is 23.7. The van der Waals surface area contributed by atoms with Crippen molar-refractivity contribution in [3.8, 4) is 0 Å². The van der Waals surface area contributed by atoms with E-state index >= 15 is 0 Å². The first-order chi connectivity index (χ1) is 2.27. The smallest absolute Gasteiger partial charge is 0.211 e. The number of halogens is 3. The molecule has 0 spiro atoms. The van der Waals surface area contributed by atoms with Gasteiger partial charge in [0.25, 0.3) is 0 Å². The van der Waals surface area contributed by atoms with Gasteiger partial charge in [0.2, 0.25) is 0 Å². The highest BCUT2D eigenvalue weighted by Gasteiger charge is 1.93. The zero-order chi connectivity index (χ0) is 4.28. The van der Waals surface area contributed by atoms with Gasteiger partial charge in [-0.05, 0) is 0 Å². The Bertz CT molecular complexity index is 27.5. The van der Waals surface area contributed by atoms with E-state index in [9.17, 15) is 8.78 Å². The molecule has 1 nitrogen and oxygen atoms in total. The lowest BCUT2D eigenvalue weighted by molar-refractivity contribution is -0.0436. The highest BCUT2D eigenvalue weighted by Crippen LogP contribution is 1.94. The van der Waals surface area contributed by atoms with Crippen LogP contribution in [-0.2, 0) is 4.29 Å². The van der Waals surface area contributed by atoms with Gasteiger partial charge in [-0.1, -0.05) is 0 Å². The third-order valence-corrected chi connectivity index (χ3v) is 0.202. The minimum absolute atomic E-state index is 0. The molecule has 0 aliphatic rings. The number of rotatable bonds is 1. The van der Waals surface area contributed by atoms with Crippen LogP contribution in [0.4, 0.5) is 8.78 Å². The topological polar surface area (TPSA) is 9.23 Å². The normalized spacial score (nSPS) is 9.60. The van der Waals surface area contributed by atoms with Crippen molar-refractivity contribution in [2.45, 2.75) is 6.61 Å². The van der Waals surface area contributed by atoms with Crippen LogP contribution in [0.15, 0.2) is 0 Å². The molecule has 0 aromatic heterocycles. The zero-order valence-electron chi connectivity index (χ0n) is 3.12. The lowest BCUT2D eigenvalue weighted by Gasteiger charge is -1.81. The molecule has 0 saturated heterocycles. The Kier molecular flexibility index (Phi) is 2.41. The van der Waals surface area contributed by atoms with Crippen molar-refractivity contribution in [2.75, 3.05) is 0 Å². The van der Waals surface area contributed by atoms with Crippen molar-refractivity contribution in [3.63, 3.8) is 0 Å². The average molecular weight is 103 g/mol. The molecule has 0 unspecified atom stereocenters. The quantitative estimate of drug-likeness (QED) is 0.489. The molecule has 0 saturated carbocycles. The molecule has 4 heteroatoms. The van der Waals surface area contributed by atoms with Crippen LogP contribution < -0.4 is 0 Å². The van der Waals surface area contributed by atoms with Crippen LogP contribution in [0, 0.1) is 0 Å². The van der Waals surface area contributed by atoms with Crippen LogP contribution in [0.3, 0.4) is 0 Å². The summed E-state index contributed by atoms with van der Waals surface area (Å²) in [6, 6.07) is 0. The van der Waals surface area contributed by atoms with Gasteiger partial charge >= 0.3 is 8.04 Å². The first-order valence-electron chi connectivity index (χ1n) is 0.826. The molecule has 0 bridgehead atoms. The van der Waals surface area contributed by atoms with E-state index in [2.05, 4.69) is 16.2 Å². The molecule has 5 heavy (non-hydrogen) atoms. The lowest BCUT2D eigenvalue weighted by Crippen LogP contribution is -1.83. The molecule has 0 heterocycles. The summed E-state index contributed by atoms with van der Waals surface area (Å²) >= 11 is 4.09. The van der Waals surface area contributed by atoms with Crippen molar-refractivity contribution in [1.82, 2.24) is 0 Å². The van der Waals surface area contributed by atoms with E-state index in [4.69, 9.17) is 0 Å². The summed E-state index contributed by atoms with van der Waals surface area (Å²) in [5, 5.41) is 0. The maximum absolute atomic E-state index is 10.4. The second kappa shape index (κ2) is 2.35. The predicted molar refractivity (Wildman–Crippen MR) is 14.1 cm³/mol. The molecule has 0 aromatic rings. The molecule has 0 rings (SSSR count). The zero-order valence-corrected chi connectivity index (χ0v) is 2.88. The van der Waals surface area contributed by atoms with E-state index in [1.54, 1.807) is 0 Å². The fourth-order valence-electron chi connectivity index (χ4n) is 0. The molecular formula is CH2ClF2O+. The van der Waals surface area contributed by atoms with E-state index in [0.29, 0.717) is 0 Å². The third-order valence-electron chi connectivity index (χ3n) is 0.0673. The lowest BCUT2D eigenvalue weighted by atomic mass is 11.5. The molecule has 0 fully saturated rings. The van der Waals surface area contributed by atoms with Crippen LogP contribution in [0.1, 0.15) is 1.43 Å². The molecule has 32 valence electrons. The van der Waals surface area contributed by atoms with Gasteiger partial charge in [-0.15, -0.1) is 0 Å².